The third kappa shape index (κ3) is 2.73. The zero-order chi connectivity index (χ0) is 13.1. The largest absolute Gasteiger partial charge is 0.350 e. The molecule has 6 heteroatoms. The first kappa shape index (κ1) is 12.1. The number of nitrogens with zero attached hydrogens (tertiary/aromatic N) is 3. The highest BCUT2D eigenvalue weighted by Crippen LogP contribution is 2.20. The summed E-state index contributed by atoms with van der Waals surface area (Å²) in [6, 6.07) is 2.32. The van der Waals surface area contributed by atoms with Gasteiger partial charge in [-0.1, -0.05) is 0 Å². The highest BCUT2D eigenvalue weighted by Gasteiger charge is 2.14. The Morgan fingerprint density at radius 1 is 1.42 bits per heavy atom. The van der Waals surface area contributed by atoms with Crippen molar-refractivity contribution in [2.75, 3.05) is 18.4 Å². The normalized spacial score (nSPS) is 19.3. The summed E-state index contributed by atoms with van der Waals surface area (Å²) < 4.78 is 0. The van der Waals surface area contributed by atoms with Crippen LogP contribution in [0.25, 0.3) is 11.3 Å². The first-order valence-electron chi connectivity index (χ1n) is 6.64. The number of aryl methyl sites for hydroxylation is 1. The molecule has 1 unspecified atom stereocenters. The minimum atomic E-state index is 0.412. The highest BCUT2D eigenvalue weighted by atomic mass is 15.1. The Kier molecular flexibility index (Phi) is 3.41. The molecule has 0 radical (unpaired) electrons. The number of hydrogen-bond donors (Lipinski definition) is 3. The van der Waals surface area contributed by atoms with Crippen LogP contribution < -0.4 is 10.6 Å². The molecule has 0 aliphatic carbocycles. The Bertz CT molecular complexity index is 544. The fourth-order valence-electron chi connectivity index (χ4n) is 2.35. The molecule has 19 heavy (non-hydrogen) atoms. The van der Waals surface area contributed by atoms with Crippen LogP contribution in [0, 0.1) is 6.92 Å². The molecule has 0 aromatic carbocycles. The average molecular weight is 258 g/mol. The number of aromatic amines is 1. The van der Waals surface area contributed by atoms with E-state index in [1.54, 1.807) is 6.20 Å². The molecule has 6 nitrogen and oxygen atoms in total. The van der Waals surface area contributed by atoms with Crippen molar-refractivity contribution in [1.29, 1.82) is 0 Å². The predicted octanol–water partition coefficient (Wildman–Crippen LogP) is 1.34. The lowest BCUT2D eigenvalue weighted by Crippen LogP contribution is -2.38. The van der Waals surface area contributed by atoms with E-state index in [9.17, 15) is 0 Å². The van der Waals surface area contributed by atoms with Crippen molar-refractivity contribution >= 4 is 5.95 Å². The second-order valence-corrected chi connectivity index (χ2v) is 4.84. The van der Waals surface area contributed by atoms with E-state index in [1.807, 2.05) is 19.2 Å². The zero-order valence-electron chi connectivity index (χ0n) is 11.0. The fraction of sp³-hybridized carbons (Fsp3) is 0.462. The van der Waals surface area contributed by atoms with E-state index in [4.69, 9.17) is 0 Å². The predicted molar refractivity (Wildman–Crippen MR) is 73.9 cm³/mol. The highest BCUT2D eigenvalue weighted by molar-refractivity contribution is 5.61. The molecule has 2 aromatic rings. The molecule has 1 saturated heterocycles. The smallest absolute Gasteiger partial charge is 0.223 e. The van der Waals surface area contributed by atoms with Crippen LogP contribution >= 0.6 is 0 Å². The number of anilines is 1. The fourth-order valence-corrected chi connectivity index (χ4v) is 2.35. The average Bonchev–Trinajstić information content (AvgIpc) is 2.86. The molecule has 0 saturated carbocycles. The summed E-state index contributed by atoms with van der Waals surface area (Å²) in [5.74, 6) is 0.687. The van der Waals surface area contributed by atoms with Crippen molar-refractivity contribution in [3.63, 3.8) is 0 Å². The van der Waals surface area contributed by atoms with Gasteiger partial charge in [0.25, 0.3) is 0 Å². The molecule has 100 valence electrons. The maximum absolute atomic E-state index is 4.56. The van der Waals surface area contributed by atoms with E-state index in [2.05, 4.69) is 30.8 Å². The van der Waals surface area contributed by atoms with Crippen LogP contribution in [0.2, 0.25) is 0 Å². The number of hydrogen-bond acceptors (Lipinski definition) is 5. The number of rotatable bonds is 3. The Balaban J connectivity index is 1.78. The zero-order valence-corrected chi connectivity index (χ0v) is 11.0. The summed E-state index contributed by atoms with van der Waals surface area (Å²) in [6.45, 7) is 4.04. The molecule has 1 atom stereocenters. The van der Waals surface area contributed by atoms with Crippen LogP contribution in [0.5, 0.6) is 0 Å². The van der Waals surface area contributed by atoms with Crippen molar-refractivity contribution in [2.24, 2.45) is 0 Å². The van der Waals surface area contributed by atoms with Crippen LogP contribution in [0.1, 0.15) is 18.5 Å². The van der Waals surface area contributed by atoms with Gasteiger partial charge >= 0.3 is 0 Å². The minimum absolute atomic E-state index is 0.412. The van der Waals surface area contributed by atoms with Crippen LogP contribution in [0.15, 0.2) is 18.5 Å². The van der Waals surface area contributed by atoms with Gasteiger partial charge in [-0.25, -0.2) is 9.97 Å². The maximum Gasteiger partial charge on any atom is 0.223 e. The summed E-state index contributed by atoms with van der Waals surface area (Å²) >= 11 is 0. The maximum atomic E-state index is 4.56. The standard InChI is InChI=1S/C13H18N6/c1-9-11(8-16-19-9)12-4-6-15-13(18-12)17-10-3-2-5-14-7-10/h4,6,8,10,14H,2-3,5,7H2,1H3,(H,16,19)(H,15,17,18). The first-order chi connectivity index (χ1) is 9.33. The van der Waals surface area contributed by atoms with Crippen molar-refractivity contribution < 1.29 is 0 Å². The Morgan fingerprint density at radius 2 is 2.37 bits per heavy atom. The minimum Gasteiger partial charge on any atom is -0.350 e. The van der Waals surface area contributed by atoms with E-state index in [-0.39, 0.29) is 0 Å². The van der Waals surface area contributed by atoms with Crippen molar-refractivity contribution in [2.45, 2.75) is 25.8 Å². The van der Waals surface area contributed by atoms with E-state index < -0.39 is 0 Å². The topological polar surface area (TPSA) is 78.5 Å². The van der Waals surface area contributed by atoms with Crippen LogP contribution in [0.3, 0.4) is 0 Å². The summed E-state index contributed by atoms with van der Waals surface area (Å²) in [5, 5.41) is 13.7. The van der Waals surface area contributed by atoms with Gasteiger partial charge < -0.3 is 10.6 Å². The van der Waals surface area contributed by atoms with E-state index >= 15 is 0 Å². The second kappa shape index (κ2) is 5.36. The molecule has 3 rings (SSSR count). The van der Waals surface area contributed by atoms with Gasteiger partial charge in [0.2, 0.25) is 5.95 Å². The molecular formula is C13H18N6. The van der Waals surface area contributed by atoms with Gasteiger partial charge in [-0.05, 0) is 32.4 Å². The van der Waals surface area contributed by atoms with Gasteiger partial charge in [0, 0.05) is 30.5 Å². The summed E-state index contributed by atoms with van der Waals surface area (Å²) in [6.07, 6.45) is 6.00. The van der Waals surface area contributed by atoms with Gasteiger partial charge in [-0.3, -0.25) is 5.10 Å². The van der Waals surface area contributed by atoms with Crippen molar-refractivity contribution in [3.05, 3.63) is 24.2 Å². The molecule has 1 fully saturated rings. The van der Waals surface area contributed by atoms with Gasteiger partial charge in [0.05, 0.1) is 11.4 Å². The molecule has 1 aliphatic heterocycles. The third-order valence-corrected chi connectivity index (χ3v) is 3.39. The summed E-state index contributed by atoms with van der Waals surface area (Å²) in [5.41, 5.74) is 2.86. The lowest BCUT2D eigenvalue weighted by Gasteiger charge is -2.23. The molecular weight excluding hydrogens is 240 g/mol. The molecule has 1 aliphatic rings. The SMILES string of the molecule is Cc1n[nH]cc1-c1ccnc(NC2CCCNC2)n1. The van der Waals surface area contributed by atoms with E-state index in [0.29, 0.717) is 12.0 Å². The van der Waals surface area contributed by atoms with Gasteiger partial charge in [-0.2, -0.15) is 5.10 Å². The molecule has 0 amide bonds. The molecule has 2 aromatic heterocycles. The Morgan fingerprint density at radius 3 is 3.11 bits per heavy atom. The summed E-state index contributed by atoms with van der Waals surface area (Å²) in [7, 11) is 0. The number of H-pyrrole nitrogens is 1. The van der Waals surface area contributed by atoms with Crippen LogP contribution in [-0.2, 0) is 0 Å². The molecule has 3 N–H and O–H groups in total. The molecule has 0 bridgehead atoms. The van der Waals surface area contributed by atoms with Crippen LogP contribution in [-0.4, -0.2) is 39.3 Å². The lowest BCUT2D eigenvalue weighted by molar-refractivity contribution is 0.478. The van der Waals surface area contributed by atoms with Crippen molar-refractivity contribution in [3.8, 4) is 11.3 Å². The molecule has 0 spiro atoms. The van der Waals surface area contributed by atoms with E-state index in [1.165, 1.54) is 6.42 Å². The van der Waals surface area contributed by atoms with Gasteiger partial charge in [0.1, 0.15) is 0 Å². The first-order valence-corrected chi connectivity index (χ1v) is 6.64. The Hall–Kier alpha value is -1.95. The summed E-state index contributed by atoms with van der Waals surface area (Å²) in [4.78, 5) is 8.85. The van der Waals surface area contributed by atoms with Gasteiger partial charge in [0.15, 0.2) is 0 Å². The van der Waals surface area contributed by atoms with Gasteiger partial charge in [-0.15, -0.1) is 0 Å². The quantitative estimate of drug-likeness (QED) is 0.774. The Labute approximate surface area is 112 Å². The number of piperidine rings is 1. The second-order valence-electron chi connectivity index (χ2n) is 4.84. The third-order valence-electron chi connectivity index (χ3n) is 3.39. The molecule has 3 heterocycles. The van der Waals surface area contributed by atoms with Crippen molar-refractivity contribution in [1.82, 2.24) is 25.5 Å². The van der Waals surface area contributed by atoms with E-state index in [0.717, 1.165) is 36.5 Å². The lowest BCUT2D eigenvalue weighted by atomic mass is 10.1. The monoisotopic (exact) mass is 258 g/mol. The van der Waals surface area contributed by atoms with Crippen LogP contribution in [0.4, 0.5) is 5.95 Å². The number of aromatic nitrogens is 4. The number of nitrogens with one attached hydrogen (secondary N) is 3.